The van der Waals surface area contributed by atoms with Crippen molar-refractivity contribution in [2.75, 3.05) is 67.1 Å². The Morgan fingerprint density at radius 2 is 2.05 bits per heavy atom. The fraction of sp³-hybridized carbons (Fsp3) is 0.933. The lowest BCUT2D eigenvalue weighted by atomic mass is 10.0. The van der Waals surface area contributed by atoms with Crippen molar-refractivity contribution in [2.24, 2.45) is 0 Å². The van der Waals surface area contributed by atoms with Gasteiger partial charge in [0.25, 0.3) is 0 Å². The number of fused-ring (bicyclic) bond motifs is 1. The van der Waals surface area contributed by atoms with Crippen LogP contribution >= 0.6 is 0 Å². The standard InChI is InChI=1S/C15H29N3O3/c1-16(2)8-9-17-10-11-21-14-5-7-18(6-4-13(14)17)15(19)12-20-3/h13-14H,4-12H2,1-3H3. The van der Waals surface area contributed by atoms with Crippen molar-refractivity contribution in [3.8, 4) is 0 Å². The topological polar surface area (TPSA) is 45.2 Å². The minimum atomic E-state index is 0.0935. The molecule has 6 nitrogen and oxygen atoms in total. The average molecular weight is 299 g/mol. The maximum absolute atomic E-state index is 12.0. The van der Waals surface area contributed by atoms with E-state index in [0.717, 1.165) is 52.2 Å². The van der Waals surface area contributed by atoms with Crippen LogP contribution < -0.4 is 0 Å². The van der Waals surface area contributed by atoms with Gasteiger partial charge in [0.2, 0.25) is 5.91 Å². The van der Waals surface area contributed by atoms with Crippen molar-refractivity contribution in [2.45, 2.75) is 25.0 Å². The van der Waals surface area contributed by atoms with Crippen LogP contribution in [0, 0.1) is 0 Å². The zero-order valence-corrected chi connectivity index (χ0v) is 13.6. The Bertz CT molecular complexity index is 338. The molecule has 2 aliphatic rings. The number of methoxy groups -OCH3 is 1. The molecule has 6 heteroatoms. The van der Waals surface area contributed by atoms with Gasteiger partial charge >= 0.3 is 0 Å². The van der Waals surface area contributed by atoms with Gasteiger partial charge in [0.1, 0.15) is 6.61 Å². The Morgan fingerprint density at radius 1 is 1.29 bits per heavy atom. The SMILES string of the molecule is COCC(=O)N1CCC2OCCN(CCN(C)C)C2CC1. The second-order valence-corrected chi connectivity index (χ2v) is 6.21. The van der Waals surface area contributed by atoms with Gasteiger partial charge in [-0.15, -0.1) is 0 Å². The molecule has 0 aliphatic carbocycles. The number of hydrogen-bond donors (Lipinski definition) is 0. The van der Waals surface area contributed by atoms with Gasteiger partial charge in [-0.3, -0.25) is 9.69 Å². The van der Waals surface area contributed by atoms with Crippen LogP contribution in [0.1, 0.15) is 12.8 Å². The summed E-state index contributed by atoms with van der Waals surface area (Å²) in [7, 11) is 5.79. The molecule has 2 atom stereocenters. The molecule has 0 aromatic rings. The molecule has 122 valence electrons. The summed E-state index contributed by atoms with van der Waals surface area (Å²) < 4.78 is 10.9. The zero-order valence-electron chi connectivity index (χ0n) is 13.6. The van der Waals surface area contributed by atoms with Crippen molar-refractivity contribution in [1.29, 1.82) is 0 Å². The Hall–Kier alpha value is -0.690. The molecular formula is C15H29N3O3. The number of rotatable bonds is 5. The number of carbonyl (C=O) groups excluding carboxylic acids is 1. The van der Waals surface area contributed by atoms with Gasteiger partial charge < -0.3 is 19.3 Å². The third kappa shape index (κ3) is 4.64. The van der Waals surface area contributed by atoms with E-state index >= 15 is 0 Å². The molecule has 2 heterocycles. The van der Waals surface area contributed by atoms with Crippen molar-refractivity contribution < 1.29 is 14.3 Å². The van der Waals surface area contributed by atoms with E-state index in [9.17, 15) is 4.79 Å². The fourth-order valence-electron chi connectivity index (χ4n) is 3.23. The van der Waals surface area contributed by atoms with Crippen molar-refractivity contribution in [3.63, 3.8) is 0 Å². The molecule has 2 rings (SSSR count). The molecule has 0 N–H and O–H groups in total. The van der Waals surface area contributed by atoms with Crippen molar-refractivity contribution in [1.82, 2.24) is 14.7 Å². The van der Waals surface area contributed by atoms with E-state index in [1.54, 1.807) is 7.11 Å². The van der Waals surface area contributed by atoms with E-state index in [1.807, 2.05) is 4.90 Å². The Morgan fingerprint density at radius 3 is 2.76 bits per heavy atom. The van der Waals surface area contributed by atoms with E-state index in [0.29, 0.717) is 6.04 Å². The lowest BCUT2D eigenvalue weighted by molar-refractivity contribution is -0.135. The Kier molecular flexibility index (Phi) is 6.41. The maximum Gasteiger partial charge on any atom is 0.248 e. The first-order valence-electron chi connectivity index (χ1n) is 7.89. The second kappa shape index (κ2) is 8.08. The highest BCUT2D eigenvalue weighted by Gasteiger charge is 2.35. The van der Waals surface area contributed by atoms with Gasteiger partial charge in [0.05, 0.1) is 12.7 Å². The Labute approximate surface area is 128 Å². The summed E-state index contributed by atoms with van der Waals surface area (Å²) in [5.74, 6) is 0.0935. The monoisotopic (exact) mass is 299 g/mol. The van der Waals surface area contributed by atoms with Gasteiger partial charge in [0, 0.05) is 45.9 Å². The average Bonchev–Trinajstić information content (AvgIpc) is 2.68. The van der Waals surface area contributed by atoms with Crippen molar-refractivity contribution >= 4 is 5.91 Å². The van der Waals surface area contributed by atoms with Crippen LogP contribution in [-0.2, 0) is 14.3 Å². The molecule has 0 saturated carbocycles. The highest BCUT2D eigenvalue weighted by atomic mass is 16.5. The van der Waals surface area contributed by atoms with Crippen LogP contribution in [0.4, 0.5) is 0 Å². The van der Waals surface area contributed by atoms with Gasteiger partial charge in [-0.2, -0.15) is 0 Å². The smallest absolute Gasteiger partial charge is 0.248 e. The molecule has 0 aromatic heterocycles. The predicted molar refractivity (Wildman–Crippen MR) is 81.3 cm³/mol. The summed E-state index contributed by atoms with van der Waals surface area (Å²) in [6.45, 7) is 5.72. The minimum absolute atomic E-state index is 0.0935. The molecule has 0 aromatic carbocycles. The van der Waals surface area contributed by atoms with E-state index in [-0.39, 0.29) is 18.6 Å². The quantitative estimate of drug-likeness (QED) is 0.709. The summed E-state index contributed by atoms with van der Waals surface area (Å²) >= 11 is 0. The van der Waals surface area contributed by atoms with Crippen molar-refractivity contribution in [3.05, 3.63) is 0 Å². The molecular weight excluding hydrogens is 270 g/mol. The number of ether oxygens (including phenoxy) is 2. The van der Waals surface area contributed by atoms with E-state index in [2.05, 4.69) is 23.9 Å². The first-order valence-corrected chi connectivity index (χ1v) is 7.89. The fourth-order valence-corrected chi connectivity index (χ4v) is 3.23. The van der Waals surface area contributed by atoms with Gasteiger partial charge in [-0.1, -0.05) is 0 Å². The normalized spacial score (nSPS) is 27.5. The van der Waals surface area contributed by atoms with Gasteiger partial charge in [0.15, 0.2) is 0 Å². The van der Waals surface area contributed by atoms with Crippen LogP contribution in [0.2, 0.25) is 0 Å². The molecule has 1 amide bonds. The third-order valence-corrected chi connectivity index (χ3v) is 4.44. The summed E-state index contributed by atoms with van der Waals surface area (Å²) in [4.78, 5) is 18.7. The number of amides is 1. The van der Waals surface area contributed by atoms with E-state index < -0.39 is 0 Å². The van der Waals surface area contributed by atoms with E-state index in [4.69, 9.17) is 9.47 Å². The summed E-state index contributed by atoms with van der Waals surface area (Å²) in [5.41, 5.74) is 0. The maximum atomic E-state index is 12.0. The highest BCUT2D eigenvalue weighted by Crippen LogP contribution is 2.23. The number of likely N-dealkylation sites (tertiary alicyclic amines) is 1. The summed E-state index contributed by atoms with van der Waals surface area (Å²) in [5, 5.41) is 0. The number of hydrogen-bond acceptors (Lipinski definition) is 5. The summed E-state index contributed by atoms with van der Waals surface area (Å²) in [6, 6.07) is 0.444. The third-order valence-electron chi connectivity index (χ3n) is 4.44. The first-order chi connectivity index (χ1) is 10.1. The van der Waals surface area contributed by atoms with Crippen LogP contribution in [0.3, 0.4) is 0 Å². The minimum Gasteiger partial charge on any atom is -0.375 e. The number of nitrogens with zero attached hydrogens (tertiary/aromatic N) is 3. The molecule has 2 saturated heterocycles. The van der Waals surface area contributed by atoms with Crippen LogP contribution in [0.5, 0.6) is 0 Å². The van der Waals surface area contributed by atoms with Crippen LogP contribution in [0.15, 0.2) is 0 Å². The van der Waals surface area contributed by atoms with E-state index in [1.165, 1.54) is 0 Å². The molecule has 2 unspecified atom stereocenters. The molecule has 2 aliphatic heterocycles. The number of carbonyl (C=O) groups is 1. The molecule has 0 bridgehead atoms. The first kappa shape index (κ1) is 16.7. The highest BCUT2D eigenvalue weighted by molar-refractivity contribution is 5.77. The summed E-state index contributed by atoms with van der Waals surface area (Å²) in [6.07, 6.45) is 2.19. The van der Waals surface area contributed by atoms with Crippen LogP contribution in [0.25, 0.3) is 0 Å². The largest absolute Gasteiger partial charge is 0.375 e. The molecule has 0 radical (unpaired) electrons. The van der Waals surface area contributed by atoms with Gasteiger partial charge in [-0.25, -0.2) is 0 Å². The van der Waals surface area contributed by atoms with Crippen LogP contribution in [-0.4, -0.2) is 99.9 Å². The zero-order chi connectivity index (χ0) is 15.2. The number of morpholine rings is 1. The second-order valence-electron chi connectivity index (χ2n) is 6.21. The molecule has 0 spiro atoms. The molecule has 21 heavy (non-hydrogen) atoms. The lowest BCUT2D eigenvalue weighted by Gasteiger charge is -2.40. The predicted octanol–water partition coefficient (Wildman–Crippen LogP) is -0.114. The number of likely N-dealkylation sites (N-methyl/N-ethyl adjacent to an activating group) is 1. The van der Waals surface area contributed by atoms with Gasteiger partial charge in [-0.05, 0) is 26.9 Å². The lowest BCUT2D eigenvalue weighted by Crippen LogP contribution is -2.52. The Balaban J connectivity index is 1.92. The molecule has 2 fully saturated rings.